The second-order valence-electron chi connectivity index (χ2n) is 9.79. The summed E-state index contributed by atoms with van der Waals surface area (Å²) in [7, 11) is 0. The molecule has 1 spiro atoms. The van der Waals surface area contributed by atoms with Crippen LogP contribution >= 0.6 is 0 Å². The fourth-order valence-corrected chi connectivity index (χ4v) is 6.89. The molecule has 148 valence electrons. The Balaban J connectivity index is 1.34. The second kappa shape index (κ2) is 6.28. The molecule has 5 aliphatic rings. The van der Waals surface area contributed by atoms with Crippen molar-refractivity contribution in [1.82, 2.24) is 14.7 Å². The molecule has 0 saturated carbocycles. The lowest BCUT2D eigenvalue weighted by molar-refractivity contribution is -0.306. The first-order valence-electron chi connectivity index (χ1n) is 11.0. The third-order valence-corrected chi connectivity index (χ3v) is 8.67. The van der Waals surface area contributed by atoms with Crippen LogP contribution in [0.4, 0.5) is 0 Å². The first-order chi connectivity index (χ1) is 13.1. The molecule has 5 aliphatic heterocycles. The van der Waals surface area contributed by atoms with Gasteiger partial charge in [-0.25, -0.2) is 0 Å². The van der Waals surface area contributed by atoms with E-state index in [0.29, 0.717) is 0 Å². The molecule has 1 aromatic rings. The van der Waals surface area contributed by atoms with Crippen molar-refractivity contribution in [2.24, 2.45) is 10.8 Å². The predicted octanol–water partition coefficient (Wildman–Crippen LogP) is 2.78. The topological polar surface area (TPSA) is 30.0 Å². The van der Waals surface area contributed by atoms with E-state index in [0.717, 1.165) is 45.6 Å². The molecule has 4 heteroatoms. The lowest BCUT2D eigenvalue weighted by Gasteiger charge is -2.74. The van der Waals surface area contributed by atoms with E-state index in [4.69, 9.17) is 0 Å². The standard InChI is InChI=1S/C23H35N3O/c1-3-21-15-25-17-22(4-2,20(21)27)18-26(16-21)23(25)10-12-24(13-11-23)14-19-8-6-5-7-9-19/h5-9,20,27H,3-4,10-18H2,1-2H3. The van der Waals surface area contributed by atoms with E-state index in [1.807, 2.05) is 0 Å². The fraction of sp³-hybridized carbons (Fsp3) is 0.739. The Morgan fingerprint density at radius 1 is 0.889 bits per heavy atom. The number of nitrogens with zero attached hydrogens (tertiary/aromatic N) is 3. The van der Waals surface area contributed by atoms with Gasteiger partial charge in [-0.05, 0) is 31.2 Å². The SMILES string of the molecule is CCC12CN3CC(CC)(CN(C1)C31CCN(Cc3ccccc3)CC1)C2O. The Labute approximate surface area is 164 Å². The van der Waals surface area contributed by atoms with E-state index in [1.54, 1.807) is 0 Å². The fourth-order valence-electron chi connectivity index (χ4n) is 6.89. The van der Waals surface area contributed by atoms with Crippen molar-refractivity contribution in [1.29, 1.82) is 0 Å². The van der Waals surface area contributed by atoms with Gasteiger partial charge in [0.15, 0.2) is 0 Å². The molecule has 0 amide bonds. The van der Waals surface area contributed by atoms with E-state index in [2.05, 4.69) is 58.9 Å². The molecule has 0 radical (unpaired) electrons. The number of hydrogen-bond acceptors (Lipinski definition) is 4. The highest BCUT2D eigenvalue weighted by Crippen LogP contribution is 2.58. The summed E-state index contributed by atoms with van der Waals surface area (Å²) >= 11 is 0. The van der Waals surface area contributed by atoms with E-state index in [9.17, 15) is 5.11 Å². The normalized spacial score (nSPS) is 42.7. The van der Waals surface area contributed by atoms with Crippen molar-refractivity contribution in [3.63, 3.8) is 0 Å². The average molecular weight is 370 g/mol. The molecule has 0 unspecified atom stereocenters. The summed E-state index contributed by atoms with van der Waals surface area (Å²) in [6.45, 7) is 12.4. The molecule has 5 heterocycles. The van der Waals surface area contributed by atoms with Gasteiger partial charge < -0.3 is 5.11 Å². The quantitative estimate of drug-likeness (QED) is 0.884. The van der Waals surface area contributed by atoms with Gasteiger partial charge in [-0.2, -0.15) is 0 Å². The van der Waals surface area contributed by atoms with Crippen molar-refractivity contribution in [3.05, 3.63) is 35.9 Å². The van der Waals surface area contributed by atoms with Crippen LogP contribution in [0, 0.1) is 10.8 Å². The number of benzene rings is 1. The Morgan fingerprint density at radius 2 is 1.41 bits per heavy atom. The highest BCUT2D eigenvalue weighted by Gasteiger charge is 2.68. The minimum atomic E-state index is -0.122. The zero-order valence-corrected chi connectivity index (χ0v) is 17.0. The van der Waals surface area contributed by atoms with Crippen molar-refractivity contribution < 1.29 is 5.11 Å². The van der Waals surface area contributed by atoms with Gasteiger partial charge in [0.2, 0.25) is 0 Å². The van der Waals surface area contributed by atoms with Crippen LogP contribution in [0.1, 0.15) is 45.1 Å². The Morgan fingerprint density at radius 3 is 1.89 bits per heavy atom. The van der Waals surface area contributed by atoms with E-state index in [-0.39, 0.29) is 22.6 Å². The summed E-state index contributed by atoms with van der Waals surface area (Å²) in [5.74, 6) is 0. The van der Waals surface area contributed by atoms with Gasteiger partial charge >= 0.3 is 0 Å². The third kappa shape index (κ3) is 2.50. The van der Waals surface area contributed by atoms with Gasteiger partial charge in [0.1, 0.15) is 0 Å². The van der Waals surface area contributed by atoms with Gasteiger partial charge in [0, 0.05) is 56.6 Å². The summed E-state index contributed by atoms with van der Waals surface area (Å²) in [5.41, 5.74) is 1.87. The summed E-state index contributed by atoms with van der Waals surface area (Å²) < 4.78 is 0. The first-order valence-corrected chi connectivity index (χ1v) is 11.0. The molecule has 0 aromatic heterocycles. The summed E-state index contributed by atoms with van der Waals surface area (Å²) in [4.78, 5) is 8.24. The highest BCUT2D eigenvalue weighted by atomic mass is 16.3. The third-order valence-electron chi connectivity index (χ3n) is 8.67. The number of hydrogen-bond donors (Lipinski definition) is 1. The van der Waals surface area contributed by atoms with Crippen molar-refractivity contribution >= 4 is 0 Å². The smallest absolute Gasteiger partial charge is 0.0763 e. The van der Waals surface area contributed by atoms with Crippen LogP contribution in [0.5, 0.6) is 0 Å². The molecular weight excluding hydrogens is 334 g/mol. The molecule has 27 heavy (non-hydrogen) atoms. The van der Waals surface area contributed by atoms with Crippen LogP contribution in [0.2, 0.25) is 0 Å². The van der Waals surface area contributed by atoms with Gasteiger partial charge in [0.05, 0.1) is 11.8 Å². The van der Waals surface area contributed by atoms with Gasteiger partial charge in [-0.15, -0.1) is 0 Å². The summed E-state index contributed by atoms with van der Waals surface area (Å²) in [6.07, 6.45) is 4.56. The lowest BCUT2D eigenvalue weighted by Crippen LogP contribution is -2.85. The molecule has 4 nitrogen and oxygen atoms in total. The molecule has 5 saturated heterocycles. The second-order valence-corrected chi connectivity index (χ2v) is 9.79. The number of aliphatic hydroxyl groups is 1. The molecule has 6 rings (SSSR count). The van der Waals surface area contributed by atoms with Crippen molar-refractivity contribution in [2.75, 3.05) is 39.3 Å². The highest BCUT2D eigenvalue weighted by molar-refractivity contribution is 5.20. The molecule has 1 aromatic carbocycles. The zero-order valence-electron chi connectivity index (χ0n) is 17.0. The molecule has 0 atom stereocenters. The summed E-state index contributed by atoms with van der Waals surface area (Å²) in [6, 6.07) is 10.9. The largest absolute Gasteiger partial charge is 0.392 e. The summed E-state index contributed by atoms with van der Waals surface area (Å²) in [5, 5.41) is 11.3. The van der Waals surface area contributed by atoms with Gasteiger partial charge in [-0.1, -0.05) is 44.2 Å². The molecule has 0 aliphatic carbocycles. The average Bonchev–Trinajstić information content (AvgIpc) is 2.70. The van der Waals surface area contributed by atoms with E-state index >= 15 is 0 Å². The number of rotatable bonds is 4. The number of piperidine rings is 3. The Hall–Kier alpha value is -0.940. The molecule has 4 bridgehead atoms. The zero-order chi connectivity index (χ0) is 18.7. The Kier molecular flexibility index (Phi) is 4.21. The minimum absolute atomic E-state index is 0.0962. The van der Waals surface area contributed by atoms with Crippen LogP contribution in [-0.2, 0) is 6.54 Å². The molecule has 1 N–H and O–H groups in total. The lowest BCUT2D eigenvalue weighted by atomic mass is 9.55. The monoisotopic (exact) mass is 369 g/mol. The van der Waals surface area contributed by atoms with Crippen LogP contribution in [-0.4, -0.2) is 70.8 Å². The molecule has 5 fully saturated rings. The van der Waals surface area contributed by atoms with Crippen LogP contribution in [0.3, 0.4) is 0 Å². The minimum Gasteiger partial charge on any atom is -0.392 e. The maximum atomic E-state index is 11.3. The maximum Gasteiger partial charge on any atom is 0.0763 e. The van der Waals surface area contributed by atoms with Gasteiger partial charge in [-0.3, -0.25) is 14.7 Å². The molecular formula is C23H35N3O. The van der Waals surface area contributed by atoms with Gasteiger partial charge in [0.25, 0.3) is 0 Å². The van der Waals surface area contributed by atoms with Crippen LogP contribution in [0.25, 0.3) is 0 Å². The number of likely N-dealkylation sites (tertiary alicyclic amines) is 1. The Bertz CT molecular complexity index is 640. The van der Waals surface area contributed by atoms with E-state index in [1.165, 1.54) is 31.5 Å². The van der Waals surface area contributed by atoms with Crippen LogP contribution < -0.4 is 0 Å². The predicted molar refractivity (Wildman–Crippen MR) is 108 cm³/mol. The van der Waals surface area contributed by atoms with Crippen molar-refractivity contribution in [3.8, 4) is 0 Å². The maximum absolute atomic E-state index is 11.3. The first kappa shape index (κ1) is 18.1. The van der Waals surface area contributed by atoms with Crippen molar-refractivity contribution in [2.45, 2.75) is 57.8 Å². The number of aliphatic hydroxyl groups excluding tert-OH is 1. The van der Waals surface area contributed by atoms with Crippen LogP contribution in [0.15, 0.2) is 30.3 Å². The van der Waals surface area contributed by atoms with E-state index < -0.39 is 0 Å².